The highest BCUT2D eigenvalue weighted by atomic mass is 127. The molecule has 30 heavy (non-hydrogen) atoms. The molecule has 11 heteroatoms. The number of nitrogens with zero attached hydrogens (tertiary/aromatic N) is 2. The second-order valence-corrected chi connectivity index (χ2v) is 5.99. The molecule has 1 aromatic carbocycles. The minimum Gasteiger partial charge on any atom is -0.367 e. The Morgan fingerprint density at radius 3 is 2.43 bits per heavy atom. The molecule has 0 saturated heterocycles. The summed E-state index contributed by atoms with van der Waals surface area (Å²) in [6, 6.07) is 10.4. The molecular weight excluding hydrogens is 514 g/mol. The molecule has 3 N–H and O–H groups in total. The molecule has 0 saturated carbocycles. The summed E-state index contributed by atoms with van der Waals surface area (Å²) in [6.45, 7) is -0.938. The molecule has 0 atom stereocenters. The number of guanidine groups is 1. The zero-order valence-corrected chi connectivity index (χ0v) is 18.5. The standard InChI is InChI=1S/C19H22F3N5O2.HI/c1-23-18(26-11-17(28)27-16-3-2-8-24-10-16)25-9-14-4-6-15(7-5-14)12-29-13-19(20,21)22;/h2-8,10H,9,11-13H2,1H3,(H,27,28)(H2,23,25,26);1H. The number of aliphatic imine (C=N–C) groups is 1. The van der Waals surface area contributed by atoms with Crippen LogP contribution in [0, 0.1) is 0 Å². The molecule has 2 rings (SSSR count). The Balaban J connectivity index is 0.00000450. The van der Waals surface area contributed by atoms with E-state index in [4.69, 9.17) is 0 Å². The number of alkyl halides is 3. The van der Waals surface area contributed by atoms with Crippen molar-refractivity contribution in [2.75, 3.05) is 25.5 Å². The van der Waals surface area contributed by atoms with E-state index in [2.05, 4.69) is 30.7 Å². The Morgan fingerprint density at radius 1 is 1.13 bits per heavy atom. The van der Waals surface area contributed by atoms with Crippen molar-refractivity contribution in [1.82, 2.24) is 15.6 Å². The van der Waals surface area contributed by atoms with Crippen LogP contribution in [0.1, 0.15) is 11.1 Å². The van der Waals surface area contributed by atoms with Crippen molar-refractivity contribution in [2.24, 2.45) is 4.99 Å². The van der Waals surface area contributed by atoms with E-state index in [9.17, 15) is 18.0 Å². The summed E-state index contributed by atoms with van der Waals surface area (Å²) < 4.78 is 40.9. The number of hydrogen-bond donors (Lipinski definition) is 3. The summed E-state index contributed by atoms with van der Waals surface area (Å²) in [4.78, 5) is 19.9. The van der Waals surface area contributed by atoms with Gasteiger partial charge in [-0.05, 0) is 23.3 Å². The highest BCUT2D eigenvalue weighted by molar-refractivity contribution is 14.0. The highest BCUT2D eigenvalue weighted by Gasteiger charge is 2.27. The zero-order valence-electron chi connectivity index (χ0n) is 16.2. The third kappa shape index (κ3) is 10.4. The molecule has 1 heterocycles. The molecule has 0 aliphatic heterocycles. The second kappa shape index (κ2) is 13.0. The van der Waals surface area contributed by atoms with Crippen molar-refractivity contribution in [3.8, 4) is 0 Å². The number of pyridine rings is 1. The molecule has 0 spiro atoms. The Kier molecular flexibility index (Phi) is 11.1. The Hall–Kier alpha value is -2.41. The van der Waals surface area contributed by atoms with Crippen molar-refractivity contribution in [3.05, 3.63) is 59.9 Å². The summed E-state index contributed by atoms with van der Waals surface area (Å²) in [5.74, 6) is 0.188. The normalized spacial score (nSPS) is 11.4. The SMILES string of the molecule is CN=C(NCC(=O)Nc1cccnc1)NCc1ccc(COCC(F)(F)F)cc1.I. The minimum atomic E-state index is -4.33. The van der Waals surface area contributed by atoms with E-state index in [1.165, 1.54) is 0 Å². The molecule has 0 aliphatic rings. The van der Waals surface area contributed by atoms with Crippen LogP contribution in [0.15, 0.2) is 53.8 Å². The summed E-state index contributed by atoms with van der Waals surface area (Å²) in [6.07, 6.45) is -1.17. The van der Waals surface area contributed by atoms with E-state index in [-0.39, 0.29) is 43.0 Å². The lowest BCUT2D eigenvalue weighted by Gasteiger charge is -2.12. The van der Waals surface area contributed by atoms with Crippen molar-refractivity contribution < 1.29 is 22.7 Å². The molecule has 0 bridgehead atoms. The van der Waals surface area contributed by atoms with Crippen molar-refractivity contribution in [2.45, 2.75) is 19.3 Å². The van der Waals surface area contributed by atoms with Gasteiger partial charge in [-0.1, -0.05) is 24.3 Å². The molecular formula is C19H23F3IN5O2. The smallest absolute Gasteiger partial charge is 0.367 e. The molecule has 1 amide bonds. The molecule has 0 aliphatic carbocycles. The number of rotatable bonds is 8. The zero-order chi connectivity index (χ0) is 21.1. The first-order chi connectivity index (χ1) is 13.9. The van der Waals surface area contributed by atoms with Crippen LogP contribution < -0.4 is 16.0 Å². The van der Waals surface area contributed by atoms with Gasteiger partial charge in [-0.2, -0.15) is 13.2 Å². The van der Waals surface area contributed by atoms with Crippen molar-refractivity contribution in [1.29, 1.82) is 0 Å². The van der Waals surface area contributed by atoms with Crippen LogP contribution in [0.4, 0.5) is 18.9 Å². The topological polar surface area (TPSA) is 87.6 Å². The van der Waals surface area contributed by atoms with Gasteiger partial charge < -0.3 is 20.7 Å². The number of carbonyl (C=O) groups excluding carboxylic acids is 1. The Morgan fingerprint density at radius 2 is 1.83 bits per heavy atom. The van der Waals surface area contributed by atoms with Gasteiger partial charge in [-0.15, -0.1) is 24.0 Å². The molecule has 0 radical (unpaired) electrons. The van der Waals surface area contributed by atoms with E-state index in [1.807, 2.05) is 0 Å². The lowest BCUT2D eigenvalue weighted by atomic mass is 10.1. The molecule has 164 valence electrons. The highest BCUT2D eigenvalue weighted by Crippen LogP contribution is 2.15. The van der Waals surface area contributed by atoms with Crippen LogP contribution in [0.3, 0.4) is 0 Å². The van der Waals surface area contributed by atoms with E-state index < -0.39 is 12.8 Å². The van der Waals surface area contributed by atoms with Gasteiger partial charge in [-0.3, -0.25) is 14.8 Å². The maximum Gasteiger partial charge on any atom is 0.411 e. The third-order valence-electron chi connectivity index (χ3n) is 3.60. The fourth-order valence-electron chi connectivity index (χ4n) is 2.25. The first-order valence-electron chi connectivity index (χ1n) is 8.72. The van der Waals surface area contributed by atoms with E-state index in [0.717, 1.165) is 5.56 Å². The number of nitrogens with one attached hydrogen (secondary N) is 3. The fourth-order valence-corrected chi connectivity index (χ4v) is 2.25. The van der Waals surface area contributed by atoms with Gasteiger partial charge in [0.1, 0.15) is 6.61 Å². The Bertz CT molecular complexity index is 802. The minimum absolute atomic E-state index is 0. The van der Waals surface area contributed by atoms with Gasteiger partial charge in [0.25, 0.3) is 0 Å². The second-order valence-electron chi connectivity index (χ2n) is 5.99. The largest absolute Gasteiger partial charge is 0.411 e. The molecule has 0 fully saturated rings. The van der Waals surface area contributed by atoms with Crippen LogP contribution >= 0.6 is 24.0 Å². The number of benzene rings is 1. The first kappa shape index (κ1) is 25.6. The molecule has 7 nitrogen and oxygen atoms in total. The average molecular weight is 537 g/mol. The lowest BCUT2D eigenvalue weighted by Crippen LogP contribution is -2.41. The fraction of sp³-hybridized carbons (Fsp3) is 0.316. The molecule has 1 aromatic heterocycles. The van der Waals surface area contributed by atoms with Crippen LogP contribution in [0.2, 0.25) is 0 Å². The predicted octanol–water partition coefficient (Wildman–Crippen LogP) is 3.08. The summed E-state index contributed by atoms with van der Waals surface area (Å²) >= 11 is 0. The van der Waals surface area contributed by atoms with Crippen LogP contribution in [0.5, 0.6) is 0 Å². The van der Waals surface area contributed by atoms with Gasteiger partial charge in [0.2, 0.25) is 5.91 Å². The number of hydrogen-bond acceptors (Lipinski definition) is 4. The number of halogens is 4. The van der Waals surface area contributed by atoms with Crippen LogP contribution in [-0.2, 0) is 22.7 Å². The number of carbonyl (C=O) groups is 1. The van der Waals surface area contributed by atoms with E-state index in [0.29, 0.717) is 23.8 Å². The van der Waals surface area contributed by atoms with Gasteiger partial charge in [0.15, 0.2) is 5.96 Å². The average Bonchev–Trinajstić information content (AvgIpc) is 2.69. The number of aromatic nitrogens is 1. The predicted molar refractivity (Wildman–Crippen MR) is 119 cm³/mol. The van der Waals surface area contributed by atoms with E-state index >= 15 is 0 Å². The van der Waals surface area contributed by atoms with Gasteiger partial charge in [0, 0.05) is 19.8 Å². The number of ether oxygens (including phenoxy) is 1. The molecule has 0 unspecified atom stereocenters. The third-order valence-corrected chi connectivity index (χ3v) is 3.60. The van der Waals surface area contributed by atoms with Crippen LogP contribution in [0.25, 0.3) is 0 Å². The van der Waals surface area contributed by atoms with Crippen molar-refractivity contribution >= 4 is 41.5 Å². The Labute approximate surface area is 189 Å². The first-order valence-corrected chi connectivity index (χ1v) is 8.72. The summed E-state index contributed by atoms with van der Waals surface area (Å²) in [7, 11) is 1.58. The number of amides is 1. The maximum absolute atomic E-state index is 12.1. The van der Waals surface area contributed by atoms with Gasteiger partial charge in [0.05, 0.1) is 25.0 Å². The van der Waals surface area contributed by atoms with Gasteiger partial charge >= 0.3 is 6.18 Å². The van der Waals surface area contributed by atoms with Crippen molar-refractivity contribution in [3.63, 3.8) is 0 Å². The summed E-state index contributed by atoms with van der Waals surface area (Å²) in [5.41, 5.74) is 2.14. The van der Waals surface area contributed by atoms with Gasteiger partial charge in [-0.25, -0.2) is 0 Å². The molecule has 2 aromatic rings. The monoisotopic (exact) mass is 537 g/mol. The quantitative estimate of drug-likeness (QED) is 0.274. The van der Waals surface area contributed by atoms with Crippen LogP contribution in [-0.4, -0.2) is 43.2 Å². The summed E-state index contributed by atoms with van der Waals surface area (Å²) in [5, 5.41) is 8.65. The lowest BCUT2D eigenvalue weighted by molar-refractivity contribution is -0.176. The maximum atomic E-state index is 12.1. The number of anilines is 1. The van der Waals surface area contributed by atoms with E-state index in [1.54, 1.807) is 55.8 Å².